The van der Waals surface area contributed by atoms with Gasteiger partial charge >= 0.3 is 0 Å². The number of benzene rings is 3. The number of rotatable bonds is 8. The van der Waals surface area contributed by atoms with Gasteiger partial charge in [0.1, 0.15) is 13.2 Å². The minimum Gasteiger partial charge on any atom is -0.486 e. The van der Waals surface area contributed by atoms with E-state index in [-0.39, 0.29) is 18.5 Å². The Hall–Kier alpha value is -3.31. The third kappa shape index (κ3) is 5.19. The number of fused-ring (bicyclic) bond motifs is 1. The molecule has 1 aliphatic heterocycles. The summed E-state index contributed by atoms with van der Waals surface area (Å²) in [5, 5.41) is 6.39. The Morgan fingerprint density at radius 2 is 1.47 bits per heavy atom. The van der Waals surface area contributed by atoms with Crippen LogP contribution in [0.5, 0.6) is 11.5 Å². The zero-order valence-electron chi connectivity index (χ0n) is 16.8. The Morgan fingerprint density at radius 3 is 2.13 bits per heavy atom. The predicted octanol–water partition coefficient (Wildman–Crippen LogP) is 3.50. The molecule has 0 aliphatic carbocycles. The van der Waals surface area contributed by atoms with Crippen LogP contribution in [0.3, 0.4) is 0 Å². The fourth-order valence-electron chi connectivity index (χ4n) is 3.57. The lowest BCUT2D eigenvalue weighted by Crippen LogP contribution is -2.37. The maximum absolute atomic E-state index is 12.4. The summed E-state index contributed by atoms with van der Waals surface area (Å²) in [6.45, 7) is 1.97. The van der Waals surface area contributed by atoms with Gasteiger partial charge in [0, 0.05) is 6.54 Å². The molecule has 154 valence electrons. The highest BCUT2D eigenvalue weighted by molar-refractivity contribution is 5.78. The van der Waals surface area contributed by atoms with Crippen LogP contribution in [-0.4, -0.2) is 32.2 Å². The van der Waals surface area contributed by atoms with Crippen molar-refractivity contribution in [1.82, 2.24) is 10.6 Å². The number of amides is 1. The molecule has 1 heterocycles. The van der Waals surface area contributed by atoms with Crippen molar-refractivity contribution in [3.8, 4) is 11.5 Å². The molecule has 3 aromatic carbocycles. The van der Waals surface area contributed by atoms with Gasteiger partial charge in [-0.05, 0) is 35.2 Å². The van der Waals surface area contributed by atoms with Crippen LogP contribution in [0, 0.1) is 0 Å². The zero-order chi connectivity index (χ0) is 20.6. The monoisotopic (exact) mass is 402 g/mol. The van der Waals surface area contributed by atoms with Crippen LogP contribution in [0.1, 0.15) is 22.7 Å². The lowest BCUT2D eigenvalue weighted by Gasteiger charge is -2.20. The van der Waals surface area contributed by atoms with Crippen molar-refractivity contribution >= 4 is 5.91 Å². The molecule has 3 aromatic rings. The van der Waals surface area contributed by atoms with Crippen molar-refractivity contribution in [3.63, 3.8) is 0 Å². The van der Waals surface area contributed by atoms with E-state index < -0.39 is 0 Å². The highest BCUT2D eigenvalue weighted by Gasteiger charge is 2.15. The molecule has 5 nitrogen and oxygen atoms in total. The standard InChI is InChI=1S/C25H26N2O3/c28-24(26-14-13-19-11-12-22-23(17-19)30-16-15-29-22)18-27-25(20-7-3-1-4-8-20)21-9-5-2-6-10-21/h1-12,17,25,27H,13-16,18H2,(H,26,28). The number of carbonyl (C=O) groups excluding carboxylic acids is 1. The summed E-state index contributed by atoms with van der Waals surface area (Å²) in [7, 11) is 0. The summed E-state index contributed by atoms with van der Waals surface area (Å²) < 4.78 is 11.2. The second kappa shape index (κ2) is 9.94. The summed E-state index contributed by atoms with van der Waals surface area (Å²) in [5.41, 5.74) is 3.37. The molecule has 2 N–H and O–H groups in total. The average Bonchev–Trinajstić information content (AvgIpc) is 2.80. The first-order valence-corrected chi connectivity index (χ1v) is 10.3. The Bertz CT molecular complexity index is 921. The Kier molecular flexibility index (Phi) is 6.62. The third-order valence-corrected chi connectivity index (χ3v) is 5.07. The van der Waals surface area contributed by atoms with Gasteiger partial charge in [0.25, 0.3) is 0 Å². The maximum Gasteiger partial charge on any atom is 0.233 e. The van der Waals surface area contributed by atoms with Crippen LogP contribution in [0.25, 0.3) is 0 Å². The Balaban J connectivity index is 1.30. The van der Waals surface area contributed by atoms with Crippen LogP contribution in [0.2, 0.25) is 0 Å². The van der Waals surface area contributed by atoms with E-state index in [2.05, 4.69) is 34.9 Å². The molecule has 0 spiro atoms. The lowest BCUT2D eigenvalue weighted by atomic mass is 9.99. The Morgan fingerprint density at radius 1 is 0.833 bits per heavy atom. The summed E-state index contributed by atoms with van der Waals surface area (Å²) >= 11 is 0. The van der Waals surface area contributed by atoms with E-state index >= 15 is 0 Å². The zero-order valence-corrected chi connectivity index (χ0v) is 16.8. The molecule has 1 amide bonds. The molecule has 0 unspecified atom stereocenters. The molecule has 0 fully saturated rings. The SMILES string of the molecule is O=C(CNC(c1ccccc1)c1ccccc1)NCCc1ccc2c(c1)OCCO2. The maximum atomic E-state index is 12.4. The number of hydrogen-bond donors (Lipinski definition) is 2. The second-order valence-electron chi connectivity index (χ2n) is 7.21. The van der Waals surface area contributed by atoms with Gasteiger partial charge in [0.05, 0.1) is 12.6 Å². The van der Waals surface area contributed by atoms with Crippen LogP contribution in [-0.2, 0) is 11.2 Å². The van der Waals surface area contributed by atoms with E-state index in [0.29, 0.717) is 19.8 Å². The summed E-state index contributed by atoms with van der Waals surface area (Å²) in [6, 6.07) is 26.2. The van der Waals surface area contributed by atoms with Gasteiger partial charge in [-0.2, -0.15) is 0 Å². The van der Waals surface area contributed by atoms with E-state index in [0.717, 1.165) is 34.6 Å². The third-order valence-electron chi connectivity index (χ3n) is 5.07. The first-order chi connectivity index (χ1) is 14.8. The van der Waals surface area contributed by atoms with Crippen LogP contribution in [0.15, 0.2) is 78.9 Å². The van der Waals surface area contributed by atoms with Gasteiger partial charge in [0.2, 0.25) is 5.91 Å². The highest BCUT2D eigenvalue weighted by atomic mass is 16.6. The minimum atomic E-state index is -0.0315. The number of nitrogens with one attached hydrogen (secondary N) is 2. The number of ether oxygens (including phenoxy) is 2. The van der Waals surface area contributed by atoms with E-state index in [1.807, 2.05) is 54.6 Å². The first-order valence-electron chi connectivity index (χ1n) is 10.3. The van der Waals surface area contributed by atoms with Crippen molar-refractivity contribution in [2.75, 3.05) is 26.3 Å². The van der Waals surface area contributed by atoms with Gasteiger partial charge in [-0.3, -0.25) is 10.1 Å². The Labute approximate surface area is 177 Å². The highest BCUT2D eigenvalue weighted by Crippen LogP contribution is 2.30. The summed E-state index contributed by atoms with van der Waals surface area (Å²) in [6.07, 6.45) is 0.739. The van der Waals surface area contributed by atoms with E-state index in [1.165, 1.54) is 0 Å². The molecule has 5 heteroatoms. The van der Waals surface area contributed by atoms with Crippen molar-refractivity contribution in [2.45, 2.75) is 12.5 Å². The van der Waals surface area contributed by atoms with E-state index in [1.54, 1.807) is 0 Å². The quantitative estimate of drug-likeness (QED) is 0.606. The lowest BCUT2D eigenvalue weighted by molar-refractivity contribution is -0.120. The molecule has 1 aliphatic rings. The molecule has 0 saturated heterocycles. The van der Waals surface area contributed by atoms with Crippen LogP contribution >= 0.6 is 0 Å². The first kappa shape index (κ1) is 20.0. The fraction of sp³-hybridized carbons (Fsp3) is 0.240. The minimum absolute atomic E-state index is 0.0237. The summed E-state index contributed by atoms with van der Waals surface area (Å²) in [4.78, 5) is 12.4. The van der Waals surface area contributed by atoms with Gasteiger partial charge in [-0.25, -0.2) is 0 Å². The molecule has 30 heavy (non-hydrogen) atoms. The smallest absolute Gasteiger partial charge is 0.233 e. The van der Waals surface area contributed by atoms with Gasteiger partial charge in [-0.15, -0.1) is 0 Å². The van der Waals surface area contributed by atoms with Gasteiger partial charge < -0.3 is 14.8 Å². The molecular weight excluding hydrogens is 376 g/mol. The molecular formula is C25H26N2O3. The van der Waals surface area contributed by atoms with Crippen molar-refractivity contribution < 1.29 is 14.3 Å². The predicted molar refractivity (Wildman–Crippen MR) is 117 cm³/mol. The molecule has 0 saturated carbocycles. The molecule has 4 rings (SSSR count). The van der Waals surface area contributed by atoms with E-state index in [4.69, 9.17) is 9.47 Å². The molecule has 0 radical (unpaired) electrons. The van der Waals surface area contributed by atoms with Crippen LogP contribution in [0.4, 0.5) is 0 Å². The molecule has 0 atom stereocenters. The second-order valence-corrected chi connectivity index (χ2v) is 7.21. The van der Waals surface area contributed by atoms with E-state index in [9.17, 15) is 4.79 Å². The molecule has 0 aromatic heterocycles. The molecule has 0 bridgehead atoms. The number of carbonyl (C=O) groups is 1. The van der Waals surface area contributed by atoms with Gasteiger partial charge in [-0.1, -0.05) is 66.7 Å². The fourth-order valence-corrected chi connectivity index (χ4v) is 3.57. The summed E-state index contributed by atoms with van der Waals surface area (Å²) in [5.74, 6) is 1.54. The number of hydrogen-bond acceptors (Lipinski definition) is 4. The largest absolute Gasteiger partial charge is 0.486 e. The van der Waals surface area contributed by atoms with Crippen molar-refractivity contribution in [2.24, 2.45) is 0 Å². The van der Waals surface area contributed by atoms with Crippen LogP contribution < -0.4 is 20.1 Å². The van der Waals surface area contributed by atoms with Crippen molar-refractivity contribution in [3.05, 3.63) is 95.6 Å². The van der Waals surface area contributed by atoms with Crippen molar-refractivity contribution in [1.29, 1.82) is 0 Å². The normalized spacial score (nSPS) is 12.6. The topological polar surface area (TPSA) is 59.6 Å². The average molecular weight is 402 g/mol. The van der Waals surface area contributed by atoms with Gasteiger partial charge in [0.15, 0.2) is 11.5 Å².